The minimum atomic E-state index is -0.707. The first kappa shape index (κ1) is 14.6. The molecule has 2 rings (SSSR count). The molecule has 0 amide bonds. The number of carbonyl (C=O) groups is 1. The Kier molecular flexibility index (Phi) is 4.42. The summed E-state index contributed by atoms with van der Waals surface area (Å²) in [6.45, 7) is 5.67. The van der Waals surface area contributed by atoms with Crippen molar-refractivity contribution in [2.45, 2.75) is 33.1 Å². The van der Waals surface area contributed by atoms with Crippen LogP contribution in [0.4, 0.5) is 5.82 Å². The van der Waals surface area contributed by atoms with Crippen molar-refractivity contribution in [1.82, 2.24) is 9.97 Å². The first-order chi connectivity index (χ1) is 9.61. The van der Waals surface area contributed by atoms with Crippen molar-refractivity contribution in [2.24, 2.45) is 5.41 Å². The van der Waals surface area contributed by atoms with E-state index in [0.717, 1.165) is 12.2 Å². The summed E-state index contributed by atoms with van der Waals surface area (Å²) < 4.78 is 5.36. The van der Waals surface area contributed by atoms with E-state index in [1.165, 1.54) is 6.33 Å². The van der Waals surface area contributed by atoms with Crippen LogP contribution in [0.15, 0.2) is 12.4 Å². The number of ether oxygens (including phenoxy) is 1. The highest BCUT2D eigenvalue weighted by molar-refractivity contribution is 5.76. The van der Waals surface area contributed by atoms with Gasteiger partial charge in [0.15, 0.2) is 0 Å². The van der Waals surface area contributed by atoms with E-state index in [4.69, 9.17) is 4.74 Å². The highest BCUT2D eigenvalue weighted by atomic mass is 16.5. The van der Waals surface area contributed by atoms with Gasteiger partial charge in [-0.05, 0) is 19.8 Å². The molecule has 1 N–H and O–H groups in total. The normalized spacial score (nSPS) is 22.0. The zero-order valence-corrected chi connectivity index (χ0v) is 12.0. The number of hydrogen-bond acceptors (Lipinski definition) is 5. The Morgan fingerprint density at radius 3 is 2.95 bits per heavy atom. The highest BCUT2D eigenvalue weighted by Gasteiger charge is 2.44. The molecule has 6 heteroatoms. The van der Waals surface area contributed by atoms with E-state index >= 15 is 0 Å². The molecule has 2 heterocycles. The standard InChI is InChI=1S/C14H21N3O3/c1-3-5-14(13(18)19)6-7-17(9-14)11-8-12(20-4-2)16-10-15-11/h8,10H,3-7,9H2,1-2H3,(H,18,19). The summed E-state index contributed by atoms with van der Waals surface area (Å²) in [5.41, 5.74) is -0.647. The third-order valence-corrected chi connectivity index (χ3v) is 3.78. The number of carboxylic acid groups (broad SMARTS) is 1. The maximum absolute atomic E-state index is 11.6. The van der Waals surface area contributed by atoms with Crippen molar-refractivity contribution in [3.05, 3.63) is 12.4 Å². The molecular weight excluding hydrogens is 258 g/mol. The van der Waals surface area contributed by atoms with E-state index in [0.29, 0.717) is 38.4 Å². The maximum Gasteiger partial charge on any atom is 0.311 e. The van der Waals surface area contributed by atoms with Gasteiger partial charge in [0.05, 0.1) is 12.0 Å². The minimum absolute atomic E-state index is 0.499. The minimum Gasteiger partial charge on any atom is -0.481 e. The molecule has 1 fully saturated rings. The Bertz CT molecular complexity index is 480. The summed E-state index contributed by atoms with van der Waals surface area (Å²) in [6, 6.07) is 1.77. The molecule has 0 aliphatic carbocycles. The molecule has 0 spiro atoms. The summed E-state index contributed by atoms with van der Waals surface area (Å²) in [7, 11) is 0. The van der Waals surface area contributed by atoms with Gasteiger partial charge >= 0.3 is 5.97 Å². The zero-order valence-electron chi connectivity index (χ0n) is 12.0. The molecule has 1 aliphatic rings. The van der Waals surface area contributed by atoms with Gasteiger partial charge in [-0.2, -0.15) is 0 Å². The first-order valence-electron chi connectivity index (χ1n) is 7.04. The number of nitrogens with zero attached hydrogens (tertiary/aromatic N) is 3. The Labute approximate surface area is 118 Å². The number of aliphatic carboxylic acids is 1. The van der Waals surface area contributed by atoms with Gasteiger partial charge in [-0.3, -0.25) is 4.79 Å². The summed E-state index contributed by atoms with van der Waals surface area (Å²) in [6.07, 6.45) is 3.68. The van der Waals surface area contributed by atoms with Gasteiger partial charge < -0.3 is 14.7 Å². The van der Waals surface area contributed by atoms with Crippen LogP contribution in [0.2, 0.25) is 0 Å². The fraction of sp³-hybridized carbons (Fsp3) is 0.643. The average molecular weight is 279 g/mol. The number of anilines is 1. The van der Waals surface area contributed by atoms with Crippen molar-refractivity contribution >= 4 is 11.8 Å². The van der Waals surface area contributed by atoms with Crippen LogP contribution in [0.1, 0.15) is 33.1 Å². The van der Waals surface area contributed by atoms with E-state index in [-0.39, 0.29) is 0 Å². The summed E-state index contributed by atoms with van der Waals surface area (Å²) in [5, 5.41) is 9.51. The van der Waals surface area contributed by atoms with Crippen LogP contribution in [0, 0.1) is 5.41 Å². The molecule has 110 valence electrons. The Morgan fingerprint density at radius 2 is 2.30 bits per heavy atom. The van der Waals surface area contributed by atoms with Gasteiger partial charge in [-0.1, -0.05) is 13.3 Å². The van der Waals surface area contributed by atoms with Crippen molar-refractivity contribution in [3.63, 3.8) is 0 Å². The average Bonchev–Trinajstić information content (AvgIpc) is 2.86. The molecule has 1 aromatic rings. The lowest BCUT2D eigenvalue weighted by molar-refractivity contribution is -0.148. The predicted molar refractivity (Wildman–Crippen MR) is 75.0 cm³/mol. The Balaban J connectivity index is 2.15. The maximum atomic E-state index is 11.6. The smallest absolute Gasteiger partial charge is 0.311 e. The molecule has 1 atom stereocenters. The molecule has 1 saturated heterocycles. The molecule has 6 nitrogen and oxygen atoms in total. The third kappa shape index (κ3) is 2.84. The SMILES string of the molecule is CCCC1(C(=O)O)CCN(c2cc(OCC)ncn2)C1. The molecule has 0 aromatic carbocycles. The van der Waals surface area contributed by atoms with Crippen LogP contribution in [-0.2, 0) is 4.79 Å². The van der Waals surface area contributed by atoms with Gasteiger partial charge in [0.2, 0.25) is 5.88 Å². The monoisotopic (exact) mass is 279 g/mol. The Morgan fingerprint density at radius 1 is 1.50 bits per heavy atom. The lowest BCUT2D eigenvalue weighted by Gasteiger charge is -2.24. The molecule has 20 heavy (non-hydrogen) atoms. The van der Waals surface area contributed by atoms with Crippen molar-refractivity contribution in [2.75, 3.05) is 24.6 Å². The van der Waals surface area contributed by atoms with Crippen LogP contribution < -0.4 is 9.64 Å². The van der Waals surface area contributed by atoms with E-state index in [9.17, 15) is 9.90 Å². The van der Waals surface area contributed by atoms with Crippen molar-refractivity contribution in [1.29, 1.82) is 0 Å². The predicted octanol–water partition coefficient (Wildman–Crippen LogP) is 1.96. The quantitative estimate of drug-likeness (QED) is 0.858. The second kappa shape index (κ2) is 6.07. The fourth-order valence-corrected chi connectivity index (χ4v) is 2.76. The first-order valence-corrected chi connectivity index (χ1v) is 7.04. The van der Waals surface area contributed by atoms with Crippen LogP contribution in [-0.4, -0.2) is 40.7 Å². The topological polar surface area (TPSA) is 75.5 Å². The van der Waals surface area contributed by atoms with E-state index in [1.807, 2.05) is 18.7 Å². The molecular formula is C14H21N3O3. The van der Waals surface area contributed by atoms with Gasteiger partial charge in [0.25, 0.3) is 0 Å². The second-order valence-electron chi connectivity index (χ2n) is 5.15. The van der Waals surface area contributed by atoms with Crippen molar-refractivity contribution in [3.8, 4) is 5.88 Å². The van der Waals surface area contributed by atoms with Gasteiger partial charge in [0.1, 0.15) is 12.1 Å². The lowest BCUT2D eigenvalue weighted by Crippen LogP contribution is -2.34. The molecule has 0 saturated carbocycles. The van der Waals surface area contributed by atoms with Gasteiger partial charge in [-0.15, -0.1) is 0 Å². The van der Waals surface area contributed by atoms with Crippen LogP contribution in [0.3, 0.4) is 0 Å². The molecule has 1 aromatic heterocycles. The summed E-state index contributed by atoms with van der Waals surface area (Å²) in [5.74, 6) is 0.560. The third-order valence-electron chi connectivity index (χ3n) is 3.78. The van der Waals surface area contributed by atoms with Crippen LogP contribution >= 0.6 is 0 Å². The summed E-state index contributed by atoms with van der Waals surface area (Å²) in [4.78, 5) is 21.8. The van der Waals surface area contributed by atoms with Crippen LogP contribution in [0.25, 0.3) is 0 Å². The lowest BCUT2D eigenvalue weighted by atomic mass is 9.83. The summed E-state index contributed by atoms with van der Waals surface area (Å²) >= 11 is 0. The number of aromatic nitrogens is 2. The van der Waals surface area contributed by atoms with E-state index in [1.54, 1.807) is 6.07 Å². The molecule has 1 unspecified atom stereocenters. The molecule has 0 radical (unpaired) electrons. The highest BCUT2D eigenvalue weighted by Crippen LogP contribution is 2.37. The molecule has 0 bridgehead atoms. The van der Waals surface area contributed by atoms with Crippen molar-refractivity contribution < 1.29 is 14.6 Å². The molecule has 1 aliphatic heterocycles. The number of hydrogen-bond donors (Lipinski definition) is 1. The number of carboxylic acids is 1. The van der Waals surface area contributed by atoms with E-state index < -0.39 is 11.4 Å². The second-order valence-corrected chi connectivity index (χ2v) is 5.15. The zero-order chi connectivity index (χ0) is 14.6. The van der Waals surface area contributed by atoms with Gasteiger partial charge in [0, 0.05) is 19.2 Å². The Hall–Kier alpha value is -1.85. The van der Waals surface area contributed by atoms with Gasteiger partial charge in [-0.25, -0.2) is 9.97 Å². The number of rotatable bonds is 6. The van der Waals surface area contributed by atoms with Crippen LogP contribution in [0.5, 0.6) is 5.88 Å². The van der Waals surface area contributed by atoms with E-state index in [2.05, 4.69) is 9.97 Å². The fourth-order valence-electron chi connectivity index (χ4n) is 2.76. The largest absolute Gasteiger partial charge is 0.481 e.